The van der Waals surface area contributed by atoms with Crippen LogP contribution in [0.25, 0.3) is 0 Å². The summed E-state index contributed by atoms with van der Waals surface area (Å²) in [5.41, 5.74) is 2.85. The van der Waals surface area contributed by atoms with E-state index in [1.807, 2.05) is 42.5 Å². The van der Waals surface area contributed by atoms with Crippen molar-refractivity contribution in [1.82, 2.24) is 0 Å². The first-order chi connectivity index (χ1) is 17.7. The van der Waals surface area contributed by atoms with E-state index in [0.29, 0.717) is 13.2 Å². The van der Waals surface area contributed by atoms with Crippen molar-refractivity contribution < 1.29 is 24.2 Å². The van der Waals surface area contributed by atoms with Crippen LogP contribution in [0.1, 0.15) is 61.9 Å². The number of benzene rings is 2. The smallest absolute Gasteiger partial charge is 0.346 e. The summed E-state index contributed by atoms with van der Waals surface area (Å²) in [5.74, 6) is -0.329. The highest BCUT2D eigenvalue weighted by molar-refractivity contribution is 7.14. The summed E-state index contributed by atoms with van der Waals surface area (Å²) in [6.07, 6.45) is 2.93. The predicted octanol–water partition coefficient (Wildman–Crippen LogP) is 6.87. The van der Waals surface area contributed by atoms with E-state index in [2.05, 4.69) is 26.0 Å². The largest absolute Gasteiger partial charge is 0.493 e. The summed E-state index contributed by atoms with van der Waals surface area (Å²) in [6, 6.07) is 17.6. The van der Waals surface area contributed by atoms with Crippen LogP contribution in [0.5, 0.6) is 5.75 Å². The number of hydrogen-bond donors (Lipinski definition) is 1. The van der Waals surface area contributed by atoms with Crippen LogP contribution in [0.3, 0.4) is 0 Å². The van der Waals surface area contributed by atoms with Crippen LogP contribution in [0.4, 0.5) is 0 Å². The third kappa shape index (κ3) is 5.24. The van der Waals surface area contributed by atoms with Gasteiger partial charge in [0.1, 0.15) is 10.6 Å². The highest BCUT2D eigenvalue weighted by Gasteiger charge is 2.31. The average molecular weight is 537 g/mol. The molecule has 4 bridgehead atoms. The van der Waals surface area contributed by atoms with E-state index in [1.54, 1.807) is 6.07 Å². The summed E-state index contributed by atoms with van der Waals surface area (Å²) in [5, 5.41) is 10.6. The number of carbonyl (C=O) groups excluding carboxylic acids is 1. The Morgan fingerprint density at radius 2 is 1.86 bits per heavy atom. The molecule has 6 rings (SSSR count). The van der Waals surface area contributed by atoms with E-state index in [0.717, 1.165) is 50.1 Å². The quantitative estimate of drug-likeness (QED) is 0.367. The van der Waals surface area contributed by atoms with E-state index in [9.17, 15) is 14.7 Å². The number of hydrogen-bond acceptors (Lipinski definition) is 5. The second-order valence-electron chi connectivity index (χ2n) is 10.2. The van der Waals surface area contributed by atoms with E-state index < -0.39 is 5.97 Å². The third-order valence-corrected chi connectivity index (χ3v) is 8.97. The van der Waals surface area contributed by atoms with Gasteiger partial charge in [0.2, 0.25) is 0 Å². The fourth-order valence-electron chi connectivity index (χ4n) is 5.26. The van der Waals surface area contributed by atoms with Crippen molar-refractivity contribution in [1.29, 1.82) is 0 Å². The Morgan fingerprint density at radius 3 is 2.62 bits per heavy atom. The normalized spacial score (nSPS) is 21.6. The van der Waals surface area contributed by atoms with Gasteiger partial charge in [-0.05, 0) is 47.2 Å². The number of aromatic carboxylic acids is 1. The van der Waals surface area contributed by atoms with Crippen LogP contribution >= 0.6 is 22.9 Å². The fourth-order valence-corrected chi connectivity index (χ4v) is 6.54. The number of allylic oxidation sites excluding steroid dienone is 1. The van der Waals surface area contributed by atoms with Gasteiger partial charge in [0, 0.05) is 33.2 Å². The number of ketones is 1. The Balaban J connectivity index is 1.55. The van der Waals surface area contributed by atoms with E-state index >= 15 is 0 Å². The first-order valence-electron chi connectivity index (χ1n) is 12.4. The molecule has 1 aromatic heterocycles. The average Bonchev–Trinajstić information content (AvgIpc) is 3.46. The number of thiophene rings is 1. The molecule has 3 heterocycles. The van der Waals surface area contributed by atoms with Crippen molar-refractivity contribution in [2.75, 3.05) is 13.2 Å². The van der Waals surface area contributed by atoms with Gasteiger partial charge >= 0.3 is 5.97 Å². The van der Waals surface area contributed by atoms with Crippen LogP contribution in [0.2, 0.25) is 0 Å². The van der Waals surface area contributed by atoms with Crippen molar-refractivity contribution in [2.45, 2.75) is 38.7 Å². The number of carbonyl (C=O) groups is 2. The van der Waals surface area contributed by atoms with Crippen LogP contribution in [0.15, 0.2) is 65.7 Å². The maximum atomic E-state index is 13.4. The molecule has 0 amide bonds. The van der Waals surface area contributed by atoms with Gasteiger partial charge in [-0.1, -0.05) is 67.9 Å². The Bertz CT molecular complexity index is 1350. The van der Waals surface area contributed by atoms with Crippen LogP contribution < -0.4 is 4.74 Å². The second-order valence-corrected chi connectivity index (χ2v) is 11.8. The maximum Gasteiger partial charge on any atom is 0.346 e. The number of carboxylic acids is 1. The molecule has 1 aliphatic carbocycles. The van der Waals surface area contributed by atoms with Crippen LogP contribution in [-0.2, 0) is 23.2 Å². The maximum absolute atomic E-state index is 13.4. The monoisotopic (exact) mass is 536 g/mol. The molecule has 0 spiro atoms. The lowest BCUT2D eigenvalue weighted by molar-refractivity contribution is 0.0694. The molecule has 1 N–H and O–H groups in total. The molecule has 0 radical (unpaired) electrons. The molecule has 2 atom stereocenters. The lowest BCUT2D eigenvalue weighted by Crippen LogP contribution is -2.23. The molecular formula is C30H29ClO5S. The number of Topliss-reactive ketones (excluding diaryl/α,β-unsaturated/α-hetero) is 1. The van der Waals surface area contributed by atoms with Gasteiger partial charge < -0.3 is 14.6 Å². The molecule has 2 aliphatic heterocycles. The first-order valence-corrected chi connectivity index (χ1v) is 13.6. The molecule has 2 aromatic carbocycles. The molecule has 1 unspecified atom stereocenters. The molecule has 0 saturated carbocycles. The summed E-state index contributed by atoms with van der Waals surface area (Å²) in [6.45, 7) is 5.42. The van der Waals surface area contributed by atoms with Crippen molar-refractivity contribution in [3.8, 4) is 5.75 Å². The Morgan fingerprint density at radius 1 is 1.11 bits per heavy atom. The van der Waals surface area contributed by atoms with Crippen molar-refractivity contribution in [2.24, 2.45) is 11.8 Å². The van der Waals surface area contributed by atoms with Gasteiger partial charge in [0.05, 0.1) is 19.8 Å². The van der Waals surface area contributed by atoms with Crippen molar-refractivity contribution in [3.63, 3.8) is 0 Å². The zero-order valence-corrected chi connectivity index (χ0v) is 22.4. The lowest BCUT2D eigenvalue weighted by atomic mass is 9.75. The minimum atomic E-state index is -1.10. The zero-order chi connectivity index (χ0) is 26.2. The van der Waals surface area contributed by atoms with Gasteiger partial charge in [-0.2, -0.15) is 0 Å². The zero-order valence-electron chi connectivity index (χ0n) is 20.8. The molecule has 192 valence electrons. The fraction of sp³-hybridized carbons (Fsp3) is 0.333. The van der Waals surface area contributed by atoms with Gasteiger partial charge in [0.15, 0.2) is 5.78 Å². The topological polar surface area (TPSA) is 72.8 Å². The van der Waals surface area contributed by atoms with Crippen molar-refractivity contribution >= 4 is 34.7 Å². The van der Waals surface area contributed by atoms with Crippen LogP contribution in [-0.4, -0.2) is 30.1 Å². The third-order valence-electron chi connectivity index (χ3n) is 7.44. The second kappa shape index (κ2) is 10.4. The van der Waals surface area contributed by atoms with Gasteiger partial charge in [-0.25, -0.2) is 4.79 Å². The number of rotatable bonds is 1. The predicted molar refractivity (Wildman–Crippen MR) is 145 cm³/mol. The summed E-state index contributed by atoms with van der Waals surface area (Å²) >= 11 is 7.62. The summed E-state index contributed by atoms with van der Waals surface area (Å²) in [4.78, 5) is 26.2. The SMILES string of the molecule is CC1(C)c2ccc(cc2)OCC2C(Cl)=CC[C@@H]2COCc2cc(c(C(=O)O)s2)C(=O)Cc2ccccc21. The highest BCUT2D eigenvalue weighted by Crippen LogP contribution is 2.38. The minimum absolute atomic E-state index is 0.0294. The summed E-state index contributed by atoms with van der Waals surface area (Å²) < 4.78 is 12.1. The number of carboxylic acid groups (broad SMARTS) is 1. The lowest BCUT2D eigenvalue weighted by Gasteiger charge is -2.29. The minimum Gasteiger partial charge on any atom is -0.493 e. The van der Waals surface area contributed by atoms with Crippen LogP contribution in [0, 0.1) is 11.8 Å². The molecule has 37 heavy (non-hydrogen) atoms. The molecule has 3 aliphatic rings. The van der Waals surface area contributed by atoms with E-state index in [4.69, 9.17) is 21.1 Å². The number of fused-ring (bicyclic) bond motifs is 6. The van der Waals surface area contributed by atoms with E-state index in [1.165, 1.54) is 0 Å². The Kier molecular flexibility index (Phi) is 7.26. The summed E-state index contributed by atoms with van der Waals surface area (Å²) in [7, 11) is 0. The number of halogens is 1. The Labute approximate surface area is 225 Å². The standard InChI is InChI=1S/C30H29ClO5S/c1-30(2)20-8-10-21(11-9-20)36-17-24-19(7-12-26(24)31)15-35-16-22-14-23(28(37-22)29(33)34)27(32)13-18-5-3-4-6-25(18)30/h3-6,8-12,14,19,24H,7,13,15-17H2,1-2H3,(H,33,34)/t19-,24?/m1/s1. The highest BCUT2D eigenvalue weighted by atomic mass is 35.5. The van der Waals surface area contributed by atoms with Gasteiger partial charge in [0.25, 0.3) is 0 Å². The molecule has 0 saturated heterocycles. The molecule has 3 aromatic rings. The molecule has 0 fully saturated rings. The van der Waals surface area contributed by atoms with E-state index in [-0.39, 0.29) is 46.5 Å². The first kappa shape index (κ1) is 25.7. The number of ether oxygens (including phenoxy) is 2. The van der Waals surface area contributed by atoms with Crippen molar-refractivity contribution in [3.05, 3.63) is 97.7 Å². The molecule has 7 heteroatoms. The van der Waals surface area contributed by atoms with Gasteiger partial charge in [-0.3, -0.25) is 4.79 Å². The molecule has 5 nitrogen and oxygen atoms in total. The molecular weight excluding hydrogens is 508 g/mol. The van der Waals surface area contributed by atoms with Gasteiger partial charge in [-0.15, -0.1) is 11.3 Å². The Hall–Kier alpha value is -2.93.